The molecule has 0 aliphatic carbocycles. The molecule has 1 heterocycles. The number of hydrogen-bond acceptors (Lipinski definition) is 2. The number of aromatic nitrogens is 1. The fourth-order valence-electron chi connectivity index (χ4n) is 1.98. The van der Waals surface area contributed by atoms with Crippen LogP contribution in [0.3, 0.4) is 0 Å². The van der Waals surface area contributed by atoms with Crippen molar-refractivity contribution in [1.29, 1.82) is 0 Å². The van der Waals surface area contributed by atoms with Gasteiger partial charge >= 0.3 is 0 Å². The van der Waals surface area contributed by atoms with Crippen molar-refractivity contribution in [1.82, 2.24) is 4.98 Å². The molecular weight excluding hydrogens is 342 g/mol. The second-order valence-corrected chi connectivity index (χ2v) is 4.94. The molecule has 0 spiro atoms. The van der Waals surface area contributed by atoms with Gasteiger partial charge in [-0.1, -0.05) is 85.1 Å². The third-order valence-electron chi connectivity index (χ3n) is 3.39. The van der Waals surface area contributed by atoms with Crippen molar-refractivity contribution in [3.63, 3.8) is 0 Å². The molecule has 0 N–H and O–H groups in total. The lowest BCUT2D eigenvalue weighted by atomic mass is 10.1. The zero-order chi connectivity index (χ0) is 22.5. The quantitative estimate of drug-likeness (QED) is 0.394. The number of rotatable bonds is 6. The molecule has 1 aromatic rings. The highest BCUT2D eigenvalue weighted by Gasteiger charge is 1.99. The first kappa shape index (κ1) is 30.4. The van der Waals surface area contributed by atoms with Crippen LogP contribution >= 0.6 is 0 Å². The summed E-state index contributed by atoms with van der Waals surface area (Å²) >= 11 is 0. The molecule has 2 nitrogen and oxygen atoms in total. The Kier molecular flexibility index (Phi) is 22.7. The maximum Gasteiger partial charge on any atom is 0.130 e. The van der Waals surface area contributed by atoms with Gasteiger partial charge in [0.1, 0.15) is 6.61 Å². The molecular formula is C26H43NO. The third kappa shape index (κ3) is 12.1. The van der Waals surface area contributed by atoms with Crippen LogP contribution in [0, 0.1) is 0 Å². The minimum atomic E-state index is 0.449. The summed E-state index contributed by atoms with van der Waals surface area (Å²) in [6.45, 7) is 28.0. The molecule has 1 aromatic heterocycles. The molecule has 2 heteroatoms. The first-order chi connectivity index (χ1) is 13.5. The Morgan fingerprint density at radius 1 is 0.929 bits per heavy atom. The predicted molar refractivity (Wildman–Crippen MR) is 129 cm³/mol. The Balaban J connectivity index is -0.000000946. The van der Waals surface area contributed by atoms with Gasteiger partial charge in [0, 0.05) is 0 Å². The van der Waals surface area contributed by atoms with Gasteiger partial charge in [-0.05, 0) is 56.2 Å². The van der Waals surface area contributed by atoms with E-state index in [9.17, 15) is 0 Å². The van der Waals surface area contributed by atoms with E-state index in [1.165, 1.54) is 0 Å². The van der Waals surface area contributed by atoms with E-state index >= 15 is 0 Å². The molecule has 0 saturated carbocycles. The van der Waals surface area contributed by atoms with Crippen LogP contribution in [0.25, 0.3) is 12.2 Å². The Labute approximate surface area is 174 Å². The first-order valence-electron chi connectivity index (χ1n) is 10.4. The van der Waals surface area contributed by atoms with E-state index in [0.29, 0.717) is 6.61 Å². The van der Waals surface area contributed by atoms with Gasteiger partial charge in [0.05, 0.1) is 16.8 Å². The second-order valence-electron chi connectivity index (χ2n) is 4.94. The lowest BCUT2D eigenvalue weighted by molar-refractivity contribution is 0.197. The molecule has 28 heavy (non-hydrogen) atoms. The average Bonchev–Trinajstić information content (AvgIpc) is 2.79. The fourth-order valence-corrected chi connectivity index (χ4v) is 1.98. The molecule has 0 saturated heterocycles. The minimum absolute atomic E-state index is 0.449. The summed E-state index contributed by atoms with van der Waals surface area (Å²) in [6, 6.07) is 4.06. The van der Waals surface area contributed by atoms with Gasteiger partial charge < -0.3 is 4.74 Å². The number of pyridine rings is 1. The number of nitrogens with zero attached hydrogens (tertiary/aromatic N) is 1. The second kappa shape index (κ2) is 21.0. The molecule has 0 unspecified atom stereocenters. The smallest absolute Gasteiger partial charge is 0.130 e. The highest BCUT2D eigenvalue weighted by Crippen LogP contribution is 2.12. The van der Waals surface area contributed by atoms with Crippen molar-refractivity contribution < 1.29 is 4.74 Å². The predicted octanol–water partition coefficient (Wildman–Crippen LogP) is 6.87. The minimum Gasteiger partial charge on any atom is -0.492 e. The molecule has 0 aliphatic rings. The molecule has 0 radical (unpaired) electrons. The molecule has 0 atom stereocenters. The highest BCUT2D eigenvalue weighted by molar-refractivity contribution is 5.39. The van der Waals surface area contributed by atoms with E-state index in [1.807, 2.05) is 93.5 Å². The van der Waals surface area contributed by atoms with E-state index in [4.69, 9.17) is 4.74 Å². The Morgan fingerprint density at radius 3 is 1.93 bits per heavy atom. The topological polar surface area (TPSA) is 22.1 Å². The van der Waals surface area contributed by atoms with Crippen LogP contribution in [0.2, 0.25) is 0 Å². The van der Waals surface area contributed by atoms with Crippen molar-refractivity contribution >= 4 is 12.2 Å². The molecule has 1 rings (SSSR count). The van der Waals surface area contributed by atoms with Crippen molar-refractivity contribution in [2.75, 3.05) is 0 Å². The van der Waals surface area contributed by atoms with Crippen molar-refractivity contribution in [2.45, 2.75) is 75.8 Å². The maximum absolute atomic E-state index is 5.79. The van der Waals surface area contributed by atoms with E-state index < -0.39 is 0 Å². The normalized spacial score (nSPS) is 12.1. The van der Waals surface area contributed by atoms with E-state index in [2.05, 4.69) is 30.3 Å². The standard InChI is InChI=1S/C20H25NO.3C2H6/c1-7-15(5)18(9-3)13-16(6)22-14-19-12-11-17(8-2)20(10-4)21-19;3*1-2/h7-13H,1,3,14H2,2,4-6H3;3*1-2H3/b16-13+,17-8-,18-15+,20-10+;;;. The van der Waals surface area contributed by atoms with Crippen LogP contribution in [0.15, 0.2) is 60.4 Å². The monoisotopic (exact) mass is 385 g/mol. The van der Waals surface area contributed by atoms with Crippen LogP contribution in [0.5, 0.6) is 0 Å². The molecule has 0 amide bonds. The van der Waals surface area contributed by atoms with E-state index in [1.54, 1.807) is 6.08 Å². The summed E-state index contributed by atoms with van der Waals surface area (Å²) in [5.41, 5.74) is 3.00. The van der Waals surface area contributed by atoms with Gasteiger partial charge in [0.15, 0.2) is 0 Å². The summed E-state index contributed by atoms with van der Waals surface area (Å²) in [7, 11) is 0. The van der Waals surface area contributed by atoms with Crippen LogP contribution < -0.4 is 10.6 Å². The molecule has 0 fully saturated rings. The third-order valence-corrected chi connectivity index (χ3v) is 3.39. The maximum atomic E-state index is 5.79. The molecule has 0 aliphatic heterocycles. The van der Waals surface area contributed by atoms with Crippen LogP contribution in [0.4, 0.5) is 0 Å². The summed E-state index contributed by atoms with van der Waals surface area (Å²) < 4.78 is 5.79. The Hall–Kier alpha value is -2.35. The van der Waals surface area contributed by atoms with Gasteiger partial charge in [-0.2, -0.15) is 0 Å². The van der Waals surface area contributed by atoms with Gasteiger partial charge in [-0.3, -0.25) is 0 Å². The largest absolute Gasteiger partial charge is 0.492 e. The number of allylic oxidation sites excluding steroid dienone is 6. The SMILES string of the molecule is C=C/C(C)=C(C=C)/C=C(\C)OCc1ccc(=C/C)/c(=C\C)n1.CC.CC.CC. The van der Waals surface area contributed by atoms with Crippen molar-refractivity contribution in [3.05, 3.63) is 76.7 Å². The lowest BCUT2D eigenvalue weighted by Crippen LogP contribution is -2.28. The lowest BCUT2D eigenvalue weighted by Gasteiger charge is -2.07. The average molecular weight is 386 g/mol. The van der Waals surface area contributed by atoms with E-state index in [-0.39, 0.29) is 0 Å². The molecule has 158 valence electrons. The Bertz CT molecular complexity index is 721. The van der Waals surface area contributed by atoms with Crippen molar-refractivity contribution in [3.8, 4) is 0 Å². The first-order valence-corrected chi connectivity index (χ1v) is 10.4. The van der Waals surface area contributed by atoms with Crippen LogP contribution in [0.1, 0.15) is 74.9 Å². The summed E-state index contributed by atoms with van der Waals surface area (Å²) in [5, 5.41) is 2.12. The zero-order valence-electron chi connectivity index (χ0n) is 20.0. The van der Waals surface area contributed by atoms with E-state index in [0.717, 1.165) is 33.2 Å². The van der Waals surface area contributed by atoms with Gasteiger partial charge in [-0.25, -0.2) is 4.98 Å². The van der Waals surface area contributed by atoms with Gasteiger partial charge in [-0.15, -0.1) is 0 Å². The fraction of sp³-hybridized carbons (Fsp3) is 0.423. The van der Waals surface area contributed by atoms with Crippen molar-refractivity contribution in [2.24, 2.45) is 0 Å². The van der Waals surface area contributed by atoms with Gasteiger partial charge in [0.25, 0.3) is 0 Å². The van der Waals surface area contributed by atoms with Crippen LogP contribution in [-0.4, -0.2) is 4.98 Å². The highest BCUT2D eigenvalue weighted by atomic mass is 16.5. The summed E-state index contributed by atoms with van der Waals surface area (Å²) in [5.74, 6) is 0.825. The Morgan fingerprint density at radius 2 is 1.50 bits per heavy atom. The number of ether oxygens (including phenoxy) is 1. The van der Waals surface area contributed by atoms with Crippen LogP contribution in [-0.2, 0) is 11.3 Å². The summed E-state index contributed by atoms with van der Waals surface area (Å²) in [4.78, 5) is 4.60. The van der Waals surface area contributed by atoms with Gasteiger partial charge in [0.2, 0.25) is 0 Å². The number of hydrogen-bond donors (Lipinski definition) is 0. The molecule has 0 aromatic carbocycles. The zero-order valence-corrected chi connectivity index (χ0v) is 20.0. The summed E-state index contributed by atoms with van der Waals surface area (Å²) in [6.07, 6.45) is 9.64. The molecule has 0 bridgehead atoms.